The van der Waals surface area contributed by atoms with E-state index in [0.29, 0.717) is 5.92 Å². The van der Waals surface area contributed by atoms with Crippen LogP contribution in [-0.2, 0) is 6.42 Å². The van der Waals surface area contributed by atoms with Gasteiger partial charge in [-0.3, -0.25) is 0 Å². The van der Waals surface area contributed by atoms with Gasteiger partial charge in [-0.15, -0.1) is 11.3 Å². The van der Waals surface area contributed by atoms with Gasteiger partial charge in [-0.2, -0.15) is 0 Å². The van der Waals surface area contributed by atoms with Crippen LogP contribution in [0.4, 0.5) is 0 Å². The van der Waals surface area contributed by atoms with Gasteiger partial charge in [-0.1, -0.05) is 24.5 Å². The van der Waals surface area contributed by atoms with E-state index in [1.165, 1.54) is 57.8 Å². The first kappa shape index (κ1) is 13.4. The maximum absolute atomic E-state index is 6.65. The summed E-state index contributed by atoms with van der Waals surface area (Å²) in [6.07, 6.45) is 14.3. The smallest absolute Gasteiger partial charge is 0.0323 e. The van der Waals surface area contributed by atoms with Gasteiger partial charge in [0, 0.05) is 16.8 Å². The Morgan fingerprint density at radius 2 is 2.00 bits per heavy atom. The number of rotatable bonds is 2. The first-order valence-corrected chi connectivity index (χ1v) is 8.75. The fourth-order valence-corrected chi connectivity index (χ4v) is 4.67. The summed E-state index contributed by atoms with van der Waals surface area (Å²) >= 11 is 1.93. The lowest BCUT2D eigenvalue weighted by atomic mass is 9.78. The highest BCUT2D eigenvalue weighted by atomic mass is 32.1. The summed E-state index contributed by atoms with van der Waals surface area (Å²) < 4.78 is 0. The van der Waals surface area contributed by atoms with E-state index in [0.717, 1.165) is 0 Å². The number of aryl methyl sites for hydroxylation is 1. The first-order valence-electron chi connectivity index (χ1n) is 7.87. The summed E-state index contributed by atoms with van der Waals surface area (Å²) in [5.41, 5.74) is 9.76. The largest absolute Gasteiger partial charge is 0.324 e. The van der Waals surface area contributed by atoms with Crippen LogP contribution in [0.15, 0.2) is 23.1 Å². The molecule has 0 saturated carbocycles. The van der Waals surface area contributed by atoms with Gasteiger partial charge in [0.2, 0.25) is 0 Å². The van der Waals surface area contributed by atoms with E-state index < -0.39 is 0 Å². The molecule has 0 bridgehead atoms. The molecule has 3 rings (SSSR count). The van der Waals surface area contributed by atoms with E-state index >= 15 is 0 Å². The van der Waals surface area contributed by atoms with Crippen LogP contribution in [0.2, 0.25) is 0 Å². The Bertz CT molecular complexity index is 446. The predicted molar refractivity (Wildman–Crippen MR) is 83.8 cm³/mol. The molecule has 0 spiro atoms. The minimum absolute atomic E-state index is 0.270. The molecule has 1 aromatic heterocycles. The van der Waals surface area contributed by atoms with Gasteiger partial charge in [-0.05, 0) is 62.0 Å². The SMILES string of the molecule is NC(/C1=C/CCCCCC1)C1CCCc2sccc21. The summed E-state index contributed by atoms with van der Waals surface area (Å²) in [5, 5.41) is 2.25. The molecule has 0 aromatic carbocycles. The Hall–Kier alpha value is -0.600. The summed E-state index contributed by atoms with van der Waals surface area (Å²) in [6.45, 7) is 0. The Balaban J connectivity index is 1.78. The third kappa shape index (κ3) is 2.95. The van der Waals surface area contributed by atoms with Crippen LogP contribution in [0, 0.1) is 0 Å². The number of hydrogen-bond acceptors (Lipinski definition) is 2. The third-order valence-electron chi connectivity index (χ3n) is 4.79. The third-order valence-corrected chi connectivity index (χ3v) is 5.78. The zero-order valence-electron chi connectivity index (χ0n) is 11.7. The van der Waals surface area contributed by atoms with Crippen molar-refractivity contribution in [1.29, 1.82) is 0 Å². The fraction of sp³-hybridized carbons (Fsp3) is 0.647. The van der Waals surface area contributed by atoms with Crippen LogP contribution in [0.1, 0.15) is 67.7 Å². The summed E-state index contributed by atoms with van der Waals surface area (Å²) in [7, 11) is 0. The minimum Gasteiger partial charge on any atom is -0.324 e. The van der Waals surface area contributed by atoms with Crippen molar-refractivity contribution in [3.63, 3.8) is 0 Å². The average Bonchev–Trinajstić information content (AvgIpc) is 2.85. The molecule has 1 aromatic rings. The highest BCUT2D eigenvalue weighted by molar-refractivity contribution is 7.10. The van der Waals surface area contributed by atoms with Crippen molar-refractivity contribution in [1.82, 2.24) is 0 Å². The lowest BCUT2D eigenvalue weighted by Crippen LogP contribution is -2.32. The van der Waals surface area contributed by atoms with Crippen molar-refractivity contribution >= 4 is 11.3 Å². The second kappa shape index (κ2) is 6.23. The minimum atomic E-state index is 0.270. The number of allylic oxidation sites excluding steroid dienone is 1. The van der Waals surface area contributed by atoms with E-state index in [9.17, 15) is 0 Å². The van der Waals surface area contributed by atoms with E-state index in [4.69, 9.17) is 5.73 Å². The lowest BCUT2D eigenvalue weighted by Gasteiger charge is -2.30. The standard InChI is InChI=1S/C17H25NS/c18-17(13-7-4-2-1-3-5-8-13)15-9-6-10-16-14(15)11-12-19-16/h7,11-12,15,17H,1-6,8-10,18H2/b13-7+. The molecule has 2 aliphatic carbocycles. The van der Waals surface area contributed by atoms with Crippen LogP contribution < -0.4 is 5.73 Å². The first-order chi connectivity index (χ1) is 9.36. The molecule has 1 heterocycles. The van der Waals surface area contributed by atoms with Crippen LogP contribution in [0.25, 0.3) is 0 Å². The van der Waals surface area contributed by atoms with Gasteiger partial charge < -0.3 is 5.73 Å². The molecular weight excluding hydrogens is 250 g/mol. The van der Waals surface area contributed by atoms with Crippen molar-refractivity contribution < 1.29 is 0 Å². The Morgan fingerprint density at radius 1 is 1.11 bits per heavy atom. The summed E-state index contributed by atoms with van der Waals surface area (Å²) in [4.78, 5) is 1.60. The lowest BCUT2D eigenvalue weighted by molar-refractivity contribution is 0.483. The second-order valence-electron chi connectivity index (χ2n) is 6.06. The number of fused-ring (bicyclic) bond motifs is 1. The van der Waals surface area contributed by atoms with E-state index in [1.54, 1.807) is 16.0 Å². The number of nitrogens with two attached hydrogens (primary N) is 1. The Morgan fingerprint density at radius 3 is 2.95 bits per heavy atom. The molecule has 104 valence electrons. The summed E-state index contributed by atoms with van der Waals surface area (Å²) in [6, 6.07) is 2.60. The monoisotopic (exact) mass is 275 g/mol. The highest BCUT2D eigenvalue weighted by Crippen LogP contribution is 2.39. The Labute approximate surface area is 120 Å². The van der Waals surface area contributed by atoms with Crippen LogP contribution >= 0.6 is 11.3 Å². The number of thiophene rings is 1. The predicted octanol–water partition coefficient (Wildman–Crippen LogP) is 4.78. The fourth-order valence-electron chi connectivity index (χ4n) is 3.67. The molecule has 0 fully saturated rings. The van der Waals surface area contributed by atoms with Crippen molar-refractivity contribution in [2.24, 2.45) is 5.73 Å². The zero-order valence-corrected chi connectivity index (χ0v) is 12.6. The van der Waals surface area contributed by atoms with Crippen LogP contribution in [0.5, 0.6) is 0 Å². The molecule has 19 heavy (non-hydrogen) atoms. The molecule has 0 aliphatic heterocycles. The maximum Gasteiger partial charge on any atom is 0.0323 e. The van der Waals surface area contributed by atoms with Crippen molar-refractivity contribution in [2.45, 2.75) is 69.7 Å². The molecule has 2 N–H and O–H groups in total. The quantitative estimate of drug-likeness (QED) is 0.773. The molecular formula is C17H25NS. The molecule has 2 aliphatic rings. The topological polar surface area (TPSA) is 26.0 Å². The molecule has 0 amide bonds. The normalized spacial score (nSPS) is 28.7. The van der Waals surface area contributed by atoms with Crippen LogP contribution in [0.3, 0.4) is 0 Å². The second-order valence-corrected chi connectivity index (χ2v) is 7.06. The van der Waals surface area contributed by atoms with Gasteiger partial charge in [0.25, 0.3) is 0 Å². The van der Waals surface area contributed by atoms with E-state index in [2.05, 4.69) is 17.5 Å². The van der Waals surface area contributed by atoms with Gasteiger partial charge in [0.15, 0.2) is 0 Å². The molecule has 2 heteroatoms. The molecule has 2 unspecified atom stereocenters. The van der Waals surface area contributed by atoms with Crippen molar-refractivity contribution in [3.8, 4) is 0 Å². The van der Waals surface area contributed by atoms with Crippen LogP contribution in [-0.4, -0.2) is 6.04 Å². The van der Waals surface area contributed by atoms with Gasteiger partial charge in [0.05, 0.1) is 0 Å². The van der Waals surface area contributed by atoms with Crippen molar-refractivity contribution in [3.05, 3.63) is 33.5 Å². The zero-order chi connectivity index (χ0) is 13.1. The average molecular weight is 275 g/mol. The van der Waals surface area contributed by atoms with Gasteiger partial charge in [0.1, 0.15) is 0 Å². The molecule has 2 atom stereocenters. The van der Waals surface area contributed by atoms with Gasteiger partial charge in [-0.25, -0.2) is 0 Å². The van der Waals surface area contributed by atoms with E-state index in [1.807, 2.05) is 11.3 Å². The molecule has 0 radical (unpaired) electrons. The van der Waals surface area contributed by atoms with E-state index in [-0.39, 0.29) is 6.04 Å². The molecule has 1 nitrogen and oxygen atoms in total. The molecule has 0 saturated heterocycles. The highest BCUT2D eigenvalue weighted by Gasteiger charge is 2.28. The Kier molecular flexibility index (Phi) is 4.39. The van der Waals surface area contributed by atoms with Gasteiger partial charge >= 0.3 is 0 Å². The number of hydrogen-bond donors (Lipinski definition) is 1. The maximum atomic E-state index is 6.65. The van der Waals surface area contributed by atoms with Crippen molar-refractivity contribution in [2.75, 3.05) is 0 Å². The summed E-state index contributed by atoms with van der Waals surface area (Å²) in [5.74, 6) is 0.584.